The van der Waals surface area contributed by atoms with Crippen LogP contribution in [-0.2, 0) is 17.8 Å². The lowest BCUT2D eigenvalue weighted by Gasteiger charge is -2.25. The number of nitrogens with zero attached hydrogens (tertiary/aromatic N) is 1. The monoisotopic (exact) mass is 381 g/mol. The van der Waals surface area contributed by atoms with Crippen LogP contribution in [0.1, 0.15) is 23.1 Å². The highest BCUT2D eigenvalue weighted by Gasteiger charge is 2.27. The Hall–Kier alpha value is -3.02. The van der Waals surface area contributed by atoms with Crippen molar-refractivity contribution in [1.29, 1.82) is 0 Å². The van der Waals surface area contributed by atoms with E-state index in [1.54, 1.807) is 12.0 Å². The molecule has 1 fully saturated rings. The zero-order valence-corrected chi connectivity index (χ0v) is 16.4. The van der Waals surface area contributed by atoms with Gasteiger partial charge < -0.3 is 20.3 Å². The first-order valence-electron chi connectivity index (χ1n) is 9.57. The number of carbonyl (C=O) groups excluding carboxylic acids is 2. The second-order valence-corrected chi connectivity index (χ2v) is 7.09. The summed E-state index contributed by atoms with van der Waals surface area (Å²) in [6.07, 6.45) is 1.33. The number of rotatable bonds is 7. The van der Waals surface area contributed by atoms with Crippen LogP contribution in [-0.4, -0.2) is 43.1 Å². The van der Waals surface area contributed by atoms with Crippen LogP contribution >= 0.6 is 0 Å². The number of hydrogen-bond donors (Lipinski definition) is 2. The van der Waals surface area contributed by atoms with E-state index in [1.165, 1.54) is 0 Å². The zero-order chi connectivity index (χ0) is 19.9. The maximum absolute atomic E-state index is 12.9. The Kier molecular flexibility index (Phi) is 6.53. The van der Waals surface area contributed by atoms with Crippen LogP contribution in [0.2, 0.25) is 0 Å². The Morgan fingerprint density at radius 2 is 2.00 bits per heavy atom. The number of nitrogens with one attached hydrogen (secondary N) is 2. The topological polar surface area (TPSA) is 70.7 Å². The van der Waals surface area contributed by atoms with Crippen LogP contribution in [0.3, 0.4) is 0 Å². The first kappa shape index (κ1) is 19.7. The molecule has 2 N–H and O–H groups in total. The summed E-state index contributed by atoms with van der Waals surface area (Å²) in [4.78, 5) is 26.5. The maximum atomic E-state index is 12.9. The van der Waals surface area contributed by atoms with Gasteiger partial charge >= 0.3 is 6.03 Å². The molecule has 0 saturated carbocycles. The van der Waals surface area contributed by atoms with Crippen molar-refractivity contribution < 1.29 is 14.3 Å². The fraction of sp³-hybridized carbons (Fsp3) is 0.364. The van der Waals surface area contributed by atoms with Crippen molar-refractivity contribution in [2.45, 2.75) is 32.4 Å². The number of aryl methyl sites for hydroxylation is 1. The highest BCUT2D eigenvalue weighted by molar-refractivity contribution is 5.88. The molecule has 1 heterocycles. The molecule has 1 saturated heterocycles. The number of carbonyl (C=O) groups is 2. The van der Waals surface area contributed by atoms with Crippen molar-refractivity contribution in [3.8, 4) is 5.75 Å². The lowest BCUT2D eigenvalue weighted by Crippen LogP contribution is -2.47. The van der Waals surface area contributed by atoms with Gasteiger partial charge in [0.1, 0.15) is 11.8 Å². The van der Waals surface area contributed by atoms with Crippen molar-refractivity contribution in [3.63, 3.8) is 0 Å². The number of methoxy groups -OCH3 is 1. The number of urea groups is 1. The number of ether oxygens (including phenoxy) is 1. The molecule has 0 bridgehead atoms. The minimum atomic E-state index is -0.454. The molecule has 2 aromatic carbocycles. The van der Waals surface area contributed by atoms with Crippen molar-refractivity contribution in [1.82, 2.24) is 15.5 Å². The number of hydrogen-bond acceptors (Lipinski definition) is 3. The quantitative estimate of drug-likeness (QED) is 0.775. The molecular formula is C22H27N3O3. The lowest BCUT2D eigenvalue weighted by molar-refractivity contribution is -0.120. The third kappa shape index (κ3) is 5.25. The Bertz CT molecular complexity index is 837. The fourth-order valence-corrected chi connectivity index (χ4v) is 3.35. The Morgan fingerprint density at radius 3 is 2.71 bits per heavy atom. The van der Waals surface area contributed by atoms with Crippen LogP contribution in [0.15, 0.2) is 48.5 Å². The number of amides is 3. The van der Waals surface area contributed by atoms with Gasteiger partial charge in [0.05, 0.1) is 7.11 Å². The van der Waals surface area contributed by atoms with E-state index in [1.807, 2.05) is 49.4 Å². The first-order chi connectivity index (χ1) is 13.5. The van der Waals surface area contributed by atoms with Gasteiger partial charge in [0.25, 0.3) is 0 Å². The molecule has 1 atom stereocenters. The summed E-state index contributed by atoms with van der Waals surface area (Å²) in [5, 5.41) is 5.63. The van der Waals surface area contributed by atoms with Crippen LogP contribution in [0.5, 0.6) is 5.75 Å². The third-order valence-corrected chi connectivity index (χ3v) is 4.89. The van der Waals surface area contributed by atoms with Gasteiger partial charge in [-0.15, -0.1) is 0 Å². The summed E-state index contributed by atoms with van der Waals surface area (Å²) in [5.41, 5.74) is 3.32. The van der Waals surface area contributed by atoms with Gasteiger partial charge in [-0.1, -0.05) is 42.0 Å². The van der Waals surface area contributed by atoms with Gasteiger partial charge in [0.2, 0.25) is 5.91 Å². The Balaban J connectivity index is 1.70. The van der Waals surface area contributed by atoms with Crippen LogP contribution in [0.25, 0.3) is 0 Å². The third-order valence-electron chi connectivity index (χ3n) is 4.89. The lowest BCUT2D eigenvalue weighted by atomic mass is 10.1. The van der Waals surface area contributed by atoms with Crippen molar-refractivity contribution in [2.75, 3.05) is 20.2 Å². The minimum absolute atomic E-state index is 0.114. The average molecular weight is 381 g/mol. The van der Waals surface area contributed by atoms with Gasteiger partial charge in [-0.2, -0.15) is 0 Å². The predicted molar refractivity (Wildman–Crippen MR) is 108 cm³/mol. The van der Waals surface area contributed by atoms with Crippen LogP contribution < -0.4 is 15.4 Å². The van der Waals surface area contributed by atoms with E-state index in [4.69, 9.17) is 4.74 Å². The highest BCUT2D eigenvalue weighted by Crippen LogP contribution is 2.15. The molecule has 148 valence electrons. The summed E-state index contributed by atoms with van der Waals surface area (Å²) in [6, 6.07) is 15.3. The van der Waals surface area contributed by atoms with Gasteiger partial charge in [0.15, 0.2) is 0 Å². The SMILES string of the molecule is COc1cccc(CCN(Cc2cccc(C)c2)C(=O)N[C@@H]2CCNC2=O)c1. The molecule has 3 amide bonds. The summed E-state index contributed by atoms with van der Waals surface area (Å²) in [7, 11) is 1.64. The minimum Gasteiger partial charge on any atom is -0.497 e. The van der Waals surface area contributed by atoms with Crippen molar-refractivity contribution in [2.24, 2.45) is 0 Å². The molecule has 0 radical (unpaired) electrons. The van der Waals surface area contributed by atoms with E-state index in [9.17, 15) is 9.59 Å². The highest BCUT2D eigenvalue weighted by atomic mass is 16.5. The second-order valence-electron chi connectivity index (χ2n) is 7.09. The Morgan fingerprint density at radius 1 is 1.21 bits per heavy atom. The molecule has 1 aliphatic rings. The average Bonchev–Trinajstić information content (AvgIpc) is 3.09. The maximum Gasteiger partial charge on any atom is 0.318 e. The molecule has 0 unspecified atom stereocenters. The fourth-order valence-electron chi connectivity index (χ4n) is 3.35. The summed E-state index contributed by atoms with van der Waals surface area (Å²) < 4.78 is 5.28. The number of benzene rings is 2. The molecule has 0 aliphatic carbocycles. The Labute approximate surface area is 165 Å². The normalized spacial score (nSPS) is 15.8. The first-order valence-corrected chi connectivity index (χ1v) is 9.57. The zero-order valence-electron chi connectivity index (χ0n) is 16.4. The van der Waals surface area contributed by atoms with E-state index < -0.39 is 6.04 Å². The molecule has 0 spiro atoms. The van der Waals surface area contributed by atoms with Crippen molar-refractivity contribution >= 4 is 11.9 Å². The van der Waals surface area contributed by atoms with E-state index in [2.05, 4.69) is 16.7 Å². The van der Waals surface area contributed by atoms with Crippen LogP contribution in [0, 0.1) is 6.92 Å². The molecule has 2 aromatic rings. The molecule has 3 rings (SSSR count). The van der Waals surface area contributed by atoms with Gasteiger partial charge in [-0.25, -0.2) is 4.79 Å². The predicted octanol–water partition coefficient (Wildman–Crippen LogP) is 2.65. The molecule has 28 heavy (non-hydrogen) atoms. The van der Waals surface area contributed by atoms with E-state index in [0.717, 1.165) is 22.4 Å². The van der Waals surface area contributed by atoms with E-state index in [0.29, 0.717) is 32.5 Å². The molecular weight excluding hydrogens is 354 g/mol. The van der Waals surface area contributed by atoms with Crippen LogP contribution in [0.4, 0.5) is 4.79 Å². The van der Waals surface area contributed by atoms with Crippen molar-refractivity contribution in [3.05, 3.63) is 65.2 Å². The van der Waals surface area contributed by atoms with Gasteiger partial charge in [0, 0.05) is 19.6 Å². The largest absolute Gasteiger partial charge is 0.497 e. The smallest absolute Gasteiger partial charge is 0.318 e. The van der Waals surface area contributed by atoms with E-state index >= 15 is 0 Å². The van der Waals surface area contributed by atoms with Gasteiger partial charge in [-0.05, 0) is 43.0 Å². The molecule has 6 heteroatoms. The molecule has 0 aromatic heterocycles. The summed E-state index contributed by atoms with van der Waals surface area (Å²) >= 11 is 0. The second kappa shape index (κ2) is 9.26. The summed E-state index contributed by atoms with van der Waals surface area (Å²) in [6.45, 7) is 3.67. The summed E-state index contributed by atoms with van der Waals surface area (Å²) in [5.74, 6) is 0.687. The molecule has 1 aliphatic heterocycles. The molecule has 6 nitrogen and oxygen atoms in total. The standard InChI is InChI=1S/C22H27N3O3/c1-16-5-3-7-18(13-16)15-25(22(27)24-20-9-11-23-21(20)26)12-10-17-6-4-8-19(14-17)28-2/h3-8,13-14,20H,9-12,15H2,1-2H3,(H,23,26)(H,24,27)/t20-/m1/s1. The van der Waals surface area contributed by atoms with Gasteiger partial charge in [-0.3, -0.25) is 4.79 Å². The van der Waals surface area contributed by atoms with E-state index in [-0.39, 0.29) is 11.9 Å².